The lowest BCUT2D eigenvalue weighted by Gasteiger charge is -2.34. The maximum Gasteiger partial charge on any atom is 0.329 e. The van der Waals surface area contributed by atoms with Crippen LogP contribution in [0.15, 0.2) is 23.3 Å². The summed E-state index contributed by atoms with van der Waals surface area (Å²) >= 11 is 0. The molecule has 5 nitrogen and oxygen atoms in total. The zero-order chi connectivity index (χ0) is 18.6. The molecule has 0 aliphatic heterocycles. The lowest BCUT2D eigenvalue weighted by atomic mass is 9.72. The third kappa shape index (κ3) is 5.41. The van der Waals surface area contributed by atoms with Crippen molar-refractivity contribution in [1.82, 2.24) is 5.43 Å². The second-order valence-electron chi connectivity index (χ2n) is 8.03. The Morgan fingerprint density at radius 1 is 1.08 bits per heavy atom. The second-order valence-corrected chi connectivity index (χ2v) is 8.03. The van der Waals surface area contributed by atoms with Gasteiger partial charge in [0, 0.05) is 11.4 Å². The van der Waals surface area contributed by atoms with Crippen LogP contribution in [-0.4, -0.2) is 17.5 Å². The number of rotatable bonds is 2. The van der Waals surface area contributed by atoms with E-state index in [4.69, 9.17) is 0 Å². The van der Waals surface area contributed by atoms with Crippen LogP contribution in [0.1, 0.15) is 57.6 Å². The number of anilines is 1. The van der Waals surface area contributed by atoms with Gasteiger partial charge >= 0.3 is 11.8 Å². The van der Waals surface area contributed by atoms with Crippen molar-refractivity contribution in [2.45, 2.75) is 60.3 Å². The van der Waals surface area contributed by atoms with Crippen LogP contribution in [-0.2, 0) is 9.59 Å². The van der Waals surface area contributed by atoms with Gasteiger partial charge in [-0.25, -0.2) is 5.43 Å². The summed E-state index contributed by atoms with van der Waals surface area (Å²) in [6.07, 6.45) is 3.90. The highest BCUT2D eigenvalue weighted by Gasteiger charge is 2.28. The molecule has 2 amide bonds. The Morgan fingerprint density at radius 2 is 1.72 bits per heavy atom. The molecule has 1 aromatic rings. The van der Waals surface area contributed by atoms with Crippen molar-refractivity contribution >= 4 is 23.2 Å². The molecule has 0 spiro atoms. The summed E-state index contributed by atoms with van der Waals surface area (Å²) in [5, 5.41) is 6.80. The third-order valence-corrected chi connectivity index (χ3v) is 4.95. The summed E-state index contributed by atoms with van der Waals surface area (Å²) in [5.41, 5.74) is 6.26. The van der Waals surface area contributed by atoms with Gasteiger partial charge < -0.3 is 5.32 Å². The van der Waals surface area contributed by atoms with Crippen molar-refractivity contribution in [3.63, 3.8) is 0 Å². The second kappa shape index (κ2) is 7.81. The average Bonchev–Trinajstić information content (AvgIpc) is 2.55. The number of carbonyl (C=O) groups is 2. The van der Waals surface area contributed by atoms with Gasteiger partial charge in [-0.2, -0.15) is 5.10 Å². The van der Waals surface area contributed by atoms with Crippen LogP contribution in [0, 0.1) is 25.2 Å². The topological polar surface area (TPSA) is 70.6 Å². The zero-order valence-electron chi connectivity index (χ0n) is 15.9. The first-order valence-electron chi connectivity index (χ1n) is 8.91. The summed E-state index contributed by atoms with van der Waals surface area (Å²) < 4.78 is 0. The fourth-order valence-electron chi connectivity index (χ4n) is 3.16. The molecule has 1 aliphatic carbocycles. The smallest absolute Gasteiger partial charge is 0.317 e. The molecule has 1 aromatic carbocycles. The predicted molar refractivity (Wildman–Crippen MR) is 102 cm³/mol. The van der Waals surface area contributed by atoms with Crippen LogP contribution in [0.5, 0.6) is 0 Å². The van der Waals surface area contributed by atoms with Gasteiger partial charge in [0.2, 0.25) is 0 Å². The highest BCUT2D eigenvalue weighted by Crippen LogP contribution is 2.36. The van der Waals surface area contributed by atoms with Crippen molar-refractivity contribution in [2.75, 3.05) is 5.32 Å². The van der Waals surface area contributed by atoms with Crippen molar-refractivity contribution in [1.29, 1.82) is 0 Å². The number of carbonyl (C=O) groups excluding carboxylic acids is 2. The highest BCUT2D eigenvalue weighted by atomic mass is 16.2. The number of hydrogen-bond acceptors (Lipinski definition) is 3. The van der Waals surface area contributed by atoms with E-state index in [1.807, 2.05) is 32.0 Å². The molecule has 5 heteroatoms. The fraction of sp³-hybridized carbons (Fsp3) is 0.550. The molecular formula is C20H29N3O2. The first kappa shape index (κ1) is 19.2. The Morgan fingerprint density at radius 3 is 2.32 bits per heavy atom. The minimum absolute atomic E-state index is 0.306. The number of hydrazone groups is 1. The highest BCUT2D eigenvalue weighted by molar-refractivity contribution is 6.39. The third-order valence-electron chi connectivity index (χ3n) is 4.95. The Hall–Kier alpha value is -2.17. The van der Waals surface area contributed by atoms with E-state index >= 15 is 0 Å². The number of nitrogens with one attached hydrogen (secondary N) is 2. The predicted octanol–water partition coefficient (Wildman–Crippen LogP) is 3.95. The van der Waals surface area contributed by atoms with Crippen molar-refractivity contribution in [3.05, 3.63) is 29.3 Å². The van der Waals surface area contributed by atoms with Gasteiger partial charge in [0.15, 0.2) is 0 Å². The molecule has 1 fully saturated rings. The quantitative estimate of drug-likeness (QED) is 0.630. The van der Waals surface area contributed by atoms with Gasteiger partial charge in [-0.3, -0.25) is 9.59 Å². The van der Waals surface area contributed by atoms with Crippen LogP contribution >= 0.6 is 0 Å². The normalized spacial score (nSPS) is 17.8. The Labute approximate surface area is 150 Å². The summed E-state index contributed by atoms with van der Waals surface area (Å²) in [6, 6.07) is 5.72. The molecule has 25 heavy (non-hydrogen) atoms. The number of aryl methyl sites for hydroxylation is 2. The molecule has 2 rings (SSSR count). The van der Waals surface area contributed by atoms with Gasteiger partial charge in [0.1, 0.15) is 0 Å². The molecule has 0 aromatic heterocycles. The van der Waals surface area contributed by atoms with Gasteiger partial charge in [-0.1, -0.05) is 32.9 Å². The summed E-state index contributed by atoms with van der Waals surface area (Å²) in [4.78, 5) is 24.0. The molecular weight excluding hydrogens is 314 g/mol. The number of nitrogens with zero attached hydrogens (tertiary/aromatic N) is 1. The molecule has 136 valence electrons. The largest absolute Gasteiger partial charge is 0.329 e. The van der Waals surface area contributed by atoms with Crippen LogP contribution in [0.25, 0.3) is 0 Å². The lowest BCUT2D eigenvalue weighted by molar-refractivity contribution is -0.136. The molecule has 0 unspecified atom stereocenters. The molecule has 1 saturated carbocycles. The summed E-state index contributed by atoms with van der Waals surface area (Å²) in [7, 11) is 0. The number of amides is 2. The fourth-order valence-corrected chi connectivity index (χ4v) is 3.16. The van der Waals surface area contributed by atoms with Crippen molar-refractivity contribution < 1.29 is 9.59 Å². The van der Waals surface area contributed by atoms with Crippen molar-refractivity contribution in [3.8, 4) is 0 Å². The van der Waals surface area contributed by atoms with Gasteiger partial charge in [-0.15, -0.1) is 0 Å². The van der Waals surface area contributed by atoms with Gasteiger partial charge in [-0.05, 0) is 68.1 Å². The van der Waals surface area contributed by atoms with Crippen molar-refractivity contribution in [2.24, 2.45) is 16.4 Å². The standard InChI is InChI=1S/C20H29N3O2/c1-13-6-7-14(2)17(12-13)21-18(24)19(25)23-22-16-10-8-15(9-11-16)20(3,4)5/h6-7,12,15H,8-11H2,1-5H3,(H,21,24)(H,23,25). The Bertz CT molecular complexity index is 677. The Kier molecular flexibility index (Phi) is 5.98. The number of benzene rings is 1. The van der Waals surface area contributed by atoms with E-state index in [2.05, 4.69) is 36.6 Å². The van der Waals surface area contributed by atoms with Crippen LogP contribution in [0.2, 0.25) is 0 Å². The average molecular weight is 343 g/mol. The number of hydrogen-bond donors (Lipinski definition) is 2. The van der Waals surface area contributed by atoms with Gasteiger partial charge in [0.25, 0.3) is 0 Å². The first-order valence-corrected chi connectivity index (χ1v) is 8.91. The molecule has 0 bridgehead atoms. The Balaban J connectivity index is 1.88. The van der Waals surface area contributed by atoms with E-state index in [-0.39, 0.29) is 0 Å². The van der Waals surface area contributed by atoms with Crippen LogP contribution in [0.4, 0.5) is 5.69 Å². The SMILES string of the molecule is Cc1ccc(C)c(NC(=O)C(=O)NN=C2CCC(C(C)(C)C)CC2)c1. The van der Waals surface area contributed by atoms with E-state index in [1.165, 1.54) is 0 Å². The van der Waals surface area contributed by atoms with E-state index in [0.717, 1.165) is 42.5 Å². The maximum absolute atomic E-state index is 12.0. The molecule has 2 N–H and O–H groups in total. The summed E-state index contributed by atoms with van der Waals surface area (Å²) in [6.45, 7) is 10.6. The molecule has 0 saturated heterocycles. The molecule has 0 heterocycles. The van der Waals surface area contributed by atoms with Crippen LogP contribution < -0.4 is 10.7 Å². The summed E-state index contributed by atoms with van der Waals surface area (Å²) in [5.74, 6) is -0.748. The van der Waals surface area contributed by atoms with E-state index in [9.17, 15) is 9.59 Å². The van der Waals surface area contributed by atoms with E-state index < -0.39 is 11.8 Å². The molecule has 1 aliphatic rings. The van der Waals surface area contributed by atoms with E-state index in [0.29, 0.717) is 17.0 Å². The van der Waals surface area contributed by atoms with Gasteiger partial charge in [0.05, 0.1) is 0 Å². The zero-order valence-corrected chi connectivity index (χ0v) is 15.9. The van der Waals surface area contributed by atoms with E-state index in [1.54, 1.807) is 0 Å². The lowest BCUT2D eigenvalue weighted by Crippen LogP contribution is -2.34. The minimum Gasteiger partial charge on any atom is -0.317 e. The maximum atomic E-state index is 12.0. The first-order chi connectivity index (χ1) is 11.7. The molecule has 0 radical (unpaired) electrons. The molecule has 0 atom stereocenters. The monoisotopic (exact) mass is 343 g/mol. The minimum atomic E-state index is -0.730. The van der Waals surface area contributed by atoms with Crippen LogP contribution in [0.3, 0.4) is 0 Å².